The fourth-order valence-electron chi connectivity index (χ4n) is 3.78. The minimum Gasteiger partial charge on any atom is -0.497 e. The van der Waals surface area contributed by atoms with Crippen LogP contribution in [0.5, 0.6) is 5.75 Å². The van der Waals surface area contributed by atoms with Crippen molar-refractivity contribution in [2.24, 2.45) is 0 Å². The van der Waals surface area contributed by atoms with Gasteiger partial charge in [-0.1, -0.05) is 48.5 Å². The third-order valence-corrected chi connectivity index (χ3v) is 5.38. The van der Waals surface area contributed by atoms with Gasteiger partial charge in [-0.05, 0) is 41.7 Å². The number of ether oxygens (including phenoxy) is 1. The van der Waals surface area contributed by atoms with Gasteiger partial charge in [-0.25, -0.2) is 10.9 Å². The lowest BCUT2D eigenvalue weighted by Gasteiger charge is -2.28. The van der Waals surface area contributed by atoms with Gasteiger partial charge in [0.05, 0.1) is 7.11 Å². The zero-order chi connectivity index (χ0) is 18.6. The van der Waals surface area contributed by atoms with E-state index in [1.54, 1.807) is 7.11 Å². The number of benzene rings is 2. The maximum atomic E-state index is 12.9. The van der Waals surface area contributed by atoms with Gasteiger partial charge in [-0.3, -0.25) is 4.79 Å². The second-order valence-electron chi connectivity index (χ2n) is 7.03. The quantitative estimate of drug-likeness (QED) is 0.877. The molecule has 2 aromatic carbocycles. The van der Waals surface area contributed by atoms with Crippen LogP contribution >= 0.6 is 0 Å². The van der Waals surface area contributed by atoms with E-state index < -0.39 is 0 Å². The number of hydrogen-bond donors (Lipinski definition) is 2. The Kier molecular flexibility index (Phi) is 5.23. The maximum Gasteiger partial charge on any atom is 0.241 e. The maximum absolute atomic E-state index is 12.9. The SMILES string of the molecule is COc1ccc(C2CC(C(=O)N3CC=C(c4ccccc4)CC3)NN2)cc1. The van der Waals surface area contributed by atoms with Crippen LogP contribution in [-0.2, 0) is 4.79 Å². The Morgan fingerprint density at radius 2 is 1.85 bits per heavy atom. The van der Waals surface area contributed by atoms with E-state index in [0.29, 0.717) is 6.54 Å². The summed E-state index contributed by atoms with van der Waals surface area (Å²) in [5.41, 5.74) is 10.2. The second kappa shape index (κ2) is 7.94. The number of carbonyl (C=O) groups excluding carboxylic acids is 1. The van der Waals surface area contributed by atoms with Gasteiger partial charge in [-0.15, -0.1) is 0 Å². The van der Waals surface area contributed by atoms with Crippen molar-refractivity contribution in [2.75, 3.05) is 20.2 Å². The fraction of sp³-hybridized carbons (Fsp3) is 0.318. The van der Waals surface area contributed by atoms with Crippen molar-refractivity contribution in [1.82, 2.24) is 15.8 Å². The molecular formula is C22H25N3O2. The van der Waals surface area contributed by atoms with Crippen molar-refractivity contribution in [2.45, 2.75) is 24.9 Å². The van der Waals surface area contributed by atoms with Gasteiger partial charge in [0.1, 0.15) is 11.8 Å². The van der Waals surface area contributed by atoms with E-state index in [-0.39, 0.29) is 18.0 Å². The van der Waals surface area contributed by atoms with Crippen LogP contribution in [0.4, 0.5) is 0 Å². The first-order valence-electron chi connectivity index (χ1n) is 9.43. The molecule has 2 aliphatic heterocycles. The highest BCUT2D eigenvalue weighted by Crippen LogP contribution is 2.27. The van der Waals surface area contributed by atoms with E-state index in [9.17, 15) is 4.79 Å². The van der Waals surface area contributed by atoms with E-state index in [1.807, 2.05) is 35.2 Å². The summed E-state index contributed by atoms with van der Waals surface area (Å²) in [5.74, 6) is 1.01. The summed E-state index contributed by atoms with van der Waals surface area (Å²) >= 11 is 0. The molecule has 0 saturated carbocycles. The molecule has 1 amide bonds. The Labute approximate surface area is 160 Å². The Balaban J connectivity index is 1.36. The lowest BCUT2D eigenvalue weighted by atomic mass is 9.98. The number of nitrogens with one attached hydrogen (secondary N) is 2. The summed E-state index contributed by atoms with van der Waals surface area (Å²) in [6.07, 6.45) is 3.83. The van der Waals surface area contributed by atoms with Crippen molar-refractivity contribution < 1.29 is 9.53 Å². The van der Waals surface area contributed by atoms with Gasteiger partial charge in [0.2, 0.25) is 5.91 Å². The van der Waals surface area contributed by atoms with Gasteiger partial charge in [-0.2, -0.15) is 0 Å². The second-order valence-corrected chi connectivity index (χ2v) is 7.03. The molecule has 2 unspecified atom stereocenters. The van der Waals surface area contributed by atoms with Crippen LogP contribution in [0.25, 0.3) is 5.57 Å². The molecular weight excluding hydrogens is 338 g/mol. The van der Waals surface area contributed by atoms with Crippen LogP contribution < -0.4 is 15.6 Å². The van der Waals surface area contributed by atoms with Crippen molar-refractivity contribution >= 4 is 11.5 Å². The number of methoxy groups -OCH3 is 1. The highest BCUT2D eigenvalue weighted by molar-refractivity contribution is 5.83. The molecule has 2 heterocycles. The predicted molar refractivity (Wildman–Crippen MR) is 106 cm³/mol. The Morgan fingerprint density at radius 1 is 1.07 bits per heavy atom. The first-order chi connectivity index (χ1) is 13.2. The van der Waals surface area contributed by atoms with Gasteiger partial charge in [0.25, 0.3) is 0 Å². The van der Waals surface area contributed by atoms with Crippen molar-refractivity contribution in [3.05, 3.63) is 71.8 Å². The number of hydrogen-bond acceptors (Lipinski definition) is 4. The van der Waals surface area contributed by atoms with Crippen LogP contribution in [0.2, 0.25) is 0 Å². The van der Waals surface area contributed by atoms with Gasteiger partial charge in [0, 0.05) is 19.1 Å². The summed E-state index contributed by atoms with van der Waals surface area (Å²) in [7, 11) is 1.66. The summed E-state index contributed by atoms with van der Waals surface area (Å²) in [5, 5.41) is 0. The average Bonchev–Trinajstić information content (AvgIpc) is 3.24. The highest BCUT2D eigenvalue weighted by atomic mass is 16.5. The first-order valence-corrected chi connectivity index (χ1v) is 9.43. The van der Waals surface area contributed by atoms with E-state index in [0.717, 1.165) is 30.7 Å². The number of hydrazine groups is 1. The Bertz CT molecular complexity index is 817. The Morgan fingerprint density at radius 3 is 2.52 bits per heavy atom. The summed E-state index contributed by atoms with van der Waals surface area (Å²) < 4.78 is 5.21. The number of carbonyl (C=O) groups is 1. The van der Waals surface area contributed by atoms with Crippen LogP contribution in [0.3, 0.4) is 0 Å². The van der Waals surface area contributed by atoms with Crippen molar-refractivity contribution in [3.63, 3.8) is 0 Å². The molecule has 0 radical (unpaired) electrons. The summed E-state index contributed by atoms with van der Waals surface area (Å²) in [6, 6.07) is 18.3. The molecule has 5 heteroatoms. The molecule has 2 aromatic rings. The van der Waals surface area contributed by atoms with Crippen LogP contribution in [-0.4, -0.2) is 37.0 Å². The molecule has 5 nitrogen and oxygen atoms in total. The van der Waals surface area contributed by atoms with Gasteiger partial charge >= 0.3 is 0 Å². The number of amides is 1. The number of rotatable bonds is 4. The molecule has 2 aliphatic rings. The molecule has 140 valence electrons. The Hall–Kier alpha value is -2.63. The smallest absolute Gasteiger partial charge is 0.241 e. The number of nitrogens with zero attached hydrogens (tertiary/aromatic N) is 1. The summed E-state index contributed by atoms with van der Waals surface area (Å²) in [6.45, 7) is 1.44. The fourth-order valence-corrected chi connectivity index (χ4v) is 3.78. The predicted octanol–water partition coefficient (Wildman–Crippen LogP) is 2.92. The highest BCUT2D eigenvalue weighted by Gasteiger charge is 2.33. The minimum atomic E-state index is -0.191. The van der Waals surface area contributed by atoms with E-state index in [4.69, 9.17) is 4.74 Å². The average molecular weight is 363 g/mol. The standard InChI is InChI=1S/C22H25N3O2/c1-27-19-9-7-18(8-10-19)20-15-21(24-23-20)22(26)25-13-11-17(12-14-25)16-5-3-2-4-6-16/h2-11,20-21,23-24H,12-15H2,1H3. The van der Waals surface area contributed by atoms with E-state index in [2.05, 4.69) is 41.2 Å². The molecule has 0 bridgehead atoms. The molecule has 2 N–H and O–H groups in total. The van der Waals surface area contributed by atoms with E-state index >= 15 is 0 Å². The molecule has 1 saturated heterocycles. The van der Waals surface area contributed by atoms with Crippen LogP contribution in [0.1, 0.15) is 30.0 Å². The van der Waals surface area contributed by atoms with Gasteiger partial charge in [0.15, 0.2) is 0 Å². The lowest BCUT2D eigenvalue weighted by Crippen LogP contribution is -2.46. The minimum absolute atomic E-state index is 0.130. The molecule has 2 atom stereocenters. The first kappa shape index (κ1) is 17.8. The monoisotopic (exact) mass is 363 g/mol. The van der Waals surface area contributed by atoms with Crippen molar-refractivity contribution in [3.8, 4) is 5.75 Å². The zero-order valence-corrected chi connectivity index (χ0v) is 15.5. The van der Waals surface area contributed by atoms with Crippen LogP contribution in [0, 0.1) is 0 Å². The van der Waals surface area contributed by atoms with Crippen LogP contribution in [0.15, 0.2) is 60.7 Å². The topological polar surface area (TPSA) is 53.6 Å². The molecule has 4 rings (SSSR count). The summed E-state index contributed by atoms with van der Waals surface area (Å²) in [4.78, 5) is 14.8. The lowest BCUT2D eigenvalue weighted by molar-refractivity contribution is -0.132. The molecule has 1 fully saturated rings. The normalized spacial score (nSPS) is 22.4. The molecule has 0 aromatic heterocycles. The van der Waals surface area contributed by atoms with Crippen molar-refractivity contribution in [1.29, 1.82) is 0 Å². The molecule has 0 spiro atoms. The largest absolute Gasteiger partial charge is 0.497 e. The third-order valence-electron chi connectivity index (χ3n) is 5.38. The van der Waals surface area contributed by atoms with Gasteiger partial charge < -0.3 is 9.64 Å². The van der Waals surface area contributed by atoms with E-state index in [1.165, 1.54) is 11.1 Å². The molecule has 27 heavy (non-hydrogen) atoms. The zero-order valence-electron chi connectivity index (χ0n) is 15.5. The molecule has 0 aliphatic carbocycles. The third kappa shape index (κ3) is 3.89.